The van der Waals surface area contributed by atoms with Crippen molar-refractivity contribution in [1.29, 1.82) is 0 Å². The van der Waals surface area contributed by atoms with Gasteiger partial charge in [0.2, 0.25) is 0 Å². The molecule has 6 nitrogen and oxygen atoms in total. The molecule has 192 valence electrons. The van der Waals surface area contributed by atoms with E-state index < -0.39 is 0 Å². The van der Waals surface area contributed by atoms with Crippen LogP contribution in [0, 0.1) is 5.92 Å². The van der Waals surface area contributed by atoms with Crippen molar-refractivity contribution in [3.8, 4) is 11.1 Å². The summed E-state index contributed by atoms with van der Waals surface area (Å²) in [6, 6.07) is 21.3. The van der Waals surface area contributed by atoms with Crippen LogP contribution in [0.4, 0.5) is 5.69 Å². The second-order valence-corrected chi connectivity index (χ2v) is 9.52. The first-order chi connectivity index (χ1) is 17.9. The maximum Gasteiger partial charge on any atom is 0.310 e. The summed E-state index contributed by atoms with van der Waals surface area (Å²) in [6.07, 6.45) is 3.93. The van der Waals surface area contributed by atoms with E-state index in [4.69, 9.17) is 4.74 Å². The van der Waals surface area contributed by atoms with Crippen molar-refractivity contribution in [2.45, 2.75) is 46.1 Å². The van der Waals surface area contributed by atoms with Crippen molar-refractivity contribution in [2.24, 2.45) is 5.92 Å². The van der Waals surface area contributed by atoms with Gasteiger partial charge in [-0.15, -0.1) is 0 Å². The highest BCUT2D eigenvalue weighted by Gasteiger charge is 2.31. The molecule has 0 aliphatic carbocycles. The number of carbonyl (C=O) groups excluding carboxylic acids is 3. The topological polar surface area (TPSA) is 75.7 Å². The molecule has 0 saturated heterocycles. The second kappa shape index (κ2) is 11.9. The van der Waals surface area contributed by atoms with Crippen molar-refractivity contribution >= 4 is 23.5 Å². The highest BCUT2D eigenvalue weighted by molar-refractivity contribution is 6.04. The Balaban J connectivity index is 1.41. The van der Waals surface area contributed by atoms with Crippen LogP contribution >= 0.6 is 0 Å². The number of carbonyl (C=O) groups is 3. The highest BCUT2D eigenvalue weighted by atomic mass is 16.5. The smallest absolute Gasteiger partial charge is 0.310 e. The molecule has 0 fully saturated rings. The van der Waals surface area contributed by atoms with Gasteiger partial charge < -0.3 is 15.0 Å². The SMILES string of the molecule is CCCCc1ccc(C(=O)Nc2ccc(-c3ccc4c(c3)C(=O)N(CC(CC)C(=O)OC)C4)cc2)cc1. The average molecular weight is 499 g/mol. The summed E-state index contributed by atoms with van der Waals surface area (Å²) in [5, 5.41) is 2.95. The third kappa shape index (κ3) is 6.08. The van der Waals surface area contributed by atoms with E-state index in [0.717, 1.165) is 36.0 Å². The number of hydrogen-bond acceptors (Lipinski definition) is 4. The van der Waals surface area contributed by atoms with Crippen LogP contribution in [-0.4, -0.2) is 36.3 Å². The summed E-state index contributed by atoms with van der Waals surface area (Å²) in [7, 11) is 1.38. The van der Waals surface area contributed by atoms with E-state index in [1.807, 2.05) is 73.7 Å². The average Bonchev–Trinajstić information content (AvgIpc) is 3.24. The number of amides is 2. The fraction of sp³-hybridized carbons (Fsp3) is 0.323. The molecule has 0 radical (unpaired) electrons. The molecule has 1 atom stereocenters. The van der Waals surface area contributed by atoms with Crippen molar-refractivity contribution in [3.05, 3.63) is 89.0 Å². The number of ether oxygens (including phenoxy) is 1. The number of fused-ring (bicyclic) bond motifs is 1. The number of nitrogens with one attached hydrogen (secondary N) is 1. The predicted molar refractivity (Wildman–Crippen MR) is 145 cm³/mol. The molecule has 1 aliphatic rings. The van der Waals surface area contributed by atoms with Crippen LogP contribution in [0.25, 0.3) is 11.1 Å². The van der Waals surface area contributed by atoms with Gasteiger partial charge in [-0.3, -0.25) is 14.4 Å². The molecule has 37 heavy (non-hydrogen) atoms. The van der Waals surface area contributed by atoms with Crippen LogP contribution < -0.4 is 5.32 Å². The molecular formula is C31H34N2O4. The molecule has 1 N–H and O–H groups in total. The zero-order valence-corrected chi connectivity index (χ0v) is 21.8. The summed E-state index contributed by atoms with van der Waals surface area (Å²) in [6.45, 7) is 4.93. The first kappa shape index (κ1) is 26.1. The summed E-state index contributed by atoms with van der Waals surface area (Å²) in [5.74, 6) is -0.827. The van der Waals surface area contributed by atoms with Gasteiger partial charge in [0.05, 0.1) is 13.0 Å². The Labute approximate surface area is 218 Å². The third-order valence-corrected chi connectivity index (χ3v) is 6.97. The van der Waals surface area contributed by atoms with E-state index >= 15 is 0 Å². The monoisotopic (exact) mass is 498 g/mol. The molecule has 4 rings (SSSR count). The quantitative estimate of drug-likeness (QED) is 0.343. The third-order valence-electron chi connectivity index (χ3n) is 6.97. The molecule has 1 aliphatic heterocycles. The molecule has 0 spiro atoms. The second-order valence-electron chi connectivity index (χ2n) is 9.52. The standard InChI is InChI=1S/C31H34N2O4/c1-4-6-7-21-8-10-24(11-9-21)29(34)32-27-16-14-23(15-17-27)25-12-13-26-20-33(30(35)28(26)18-25)19-22(5-2)31(36)37-3/h8-18,22H,4-7,19-20H2,1-3H3,(H,32,34). The van der Waals surface area contributed by atoms with Gasteiger partial charge in [0, 0.05) is 29.9 Å². The molecule has 3 aromatic rings. The predicted octanol–water partition coefficient (Wildman–Crippen LogP) is 6.10. The van der Waals surface area contributed by atoms with Gasteiger partial charge in [0.25, 0.3) is 11.8 Å². The van der Waals surface area contributed by atoms with E-state index in [1.54, 1.807) is 4.90 Å². The van der Waals surface area contributed by atoms with Gasteiger partial charge in [0.15, 0.2) is 0 Å². The van der Waals surface area contributed by atoms with E-state index in [0.29, 0.717) is 36.3 Å². The Kier molecular flexibility index (Phi) is 8.39. The molecule has 3 aromatic carbocycles. The van der Waals surface area contributed by atoms with Crippen molar-refractivity contribution in [3.63, 3.8) is 0 Å². The zero-order chi connectivity index (χ0) is 26.4. The van der Waals surface area contributed by atoms with Crippen LogP contribution in [0.5, 0.6) is 0 Å². The molecule has 6 heteroatoms. The lowest BCUT2D eigenvalue weighted by molar-refractivity contribution is -0.146. The van der Waals surface area contributed by atoms with Crippen LogP contribution in [-0.2, 0) is 22.5 Å². The molecular weight excluding hydrogens is 464 g/mol. The van der Waals surface area contributed by atoms with Gasteiger partial charge in [-0.25, -0.2) is 0 Å². The summed E-state index contributed by atoms with van der Waals surface area (Å²) in [4.78, 5) is 39.4. The minimum absolute atomic E-state index is 0.0659. The number of unbranched alkanes of at least 4 members (excludes halogenated alkanes) is 1. The Bertz CT molecular complexity index is 1270. The van der Waals surface area contributed by atoms with E-state index in [9.17, 15) is 14.4 Å². The molecule has 2 amide bonds. The normalized spacial score (nSPS) is 13.3. The number of hydrogen-bond donors (Lipinski definition) is 1. The van der Waals surface area contributed by atoms with E-state index in [1.165, 1.54) is 12.7 Å². The van der Waals surface area contributed by atoms with Crippen LogP contribution in [0.1, 0.15) is 65.0 Å². The summed E-state index contributed by atoms with van der Waals surface area (Å²) < 4.78 is 4.88. The number of benzene rings is 3. The number of esters is 1. The maximum atomic E-state index is 13.1. The first-order valence-electron chi connectivity index (χ1n) is 12.9. The van der Waals surface area contributed by atoms with Crippen LogP contribution in [0.15, 0.2) is 66.7 Å². The maximum absolute atomic E-state index is 13.1. The lowest BCUT2D eigenvalue weighted by Crippen LogP contribution is -2.33. The Morgan fingerprint density at radius 1 is 0.973 bits per heavy atom. The molecule has 0 bridgehead atoms. The fourth-order valence-corrected chi connectivity index (χ4v) is 4.64. The highest BCUT2D eigenvalue weighted by Crippen LogP contribution is 2.30. The van der Waals surface area contributed by atoms with Crippen molar-refractivity contribution < 1.29 is 19.1 Å². The number of aryl methyl sites for hydroxylation is 1. The van der Waals surface area contributed by atoms with Crippen LogP contribution in [0.3, 0.4) is 0 Å². The summed E-state index contributed by atoms with van der Waals surface area (Å²) in [5.41, 5.74) is 6.08. The van der Waals surface area contributed by atoms with Gasteiger partial charge in [-0.05, 0) is 71.8 Å². The minimum Gasteiger partial charge on any atom is -0.469 e. The molecule has 1 heterocycles. The number of nitrogens with zero attached hydrogens (tertiary/aromatic N) is 1. The van der Waals surface area contributed by atoms with Crippen molar-refractivity contribution in [2.75, 3.05) is 19.0 Å². The minimum atomic E-state index is -0.329. The number of anilines is 1. The molecule has 0 saturated carbocycles. The number of methoxy groups -OCH3 is 1. The van der Waals surface area contributed by atoms with Crippen molar-refractivity contribution in [1.82, 2.24) is 4.90 Å². The Morgan fingerprint density at radius 2 is 1.68 bits per heavy atom. The largest absolute Gasteiger partial charge is 0.469 e. The Morgan fingerprint density at radius 3 is 2.32 bits per heavy atom. The Hall–Kier alpha value is -3.93. The fourth-order valence-electron chi connectivity index (χ4n) is 4.64. The molecule has 1 unspecified atom stereocenters. The summed E-state index contributed by atoms with van der Waals surface area (Å²) >= 11 is 0. The zero-order valence-electron chi connectivity index (χ0n) is 21.8. The molecule has 0 aromatic heterocycles. The van der Waals surface area contributed by atoms with Gasteiger partial charge in [-0.2, -0.15) is 0 Å². The van der Waals surface area contributed by atoms with Gasteiger partial charge >= 0.3 is 5.97 Å². The van der Waals surface area contributed by atoms with Gasteiger partial charge in [0.1, 0.15) is 0 Å². The number of rotatable bonds is 10. The first-order valence-corrected chi connectivity index (χ1v) is 12.9. The lowest BCUT2D eigenvalue weighted by atomic mass is 10.00. The van der Waals surface area contributed by atoms with Crippen LogP contribution in [0.2, 0.25) is 0 Å². The lowest BCUT2D eigenvalue weighted by Gasteiger charge is -2.20. The van der Waals surface area contributed by atoms with E-state index in [-0.39, 0.29) is 23.7 Å². The van der Waals surface area contributed by atoms with E-state index in [2.05, 4.69) is 12.2 Å². The van der Waals surface area contributed by atoms with Gasteiger partial charge in [-0.1, -0.05) is 56.7 Å².